The minimum atomic E-state index is -0.0268. The predicted octanol–water partition coefficient (Wildman–Crippen LogP) is 2.83. The lowest BCUT2D eigenvalue weighted by atomic mass is 9.92. The molecular weight excluding hydrogens is 356 g/mol. The number of aromatic nitrogens is 2. The fraction of sp³-hybridized carbons (Fsp3) is 0.412. The third-order valence-corrected chi connectivity index (χ3v) is 4.89. The molecule has 0 bridgehead atoms. The van der Waals surface area contributed by atoms with Gasteiger partial charge in [0.15, 0.2) is 5.69 Å². The third kappa shape index (κ3) is 3.48. The summed E-state index contributed by atoms with van der Waals surface area (Å²) in [6.45, 7) is 3.47. The van der Waals surface area contributed by atoms with Crippen LogP contribution in [0.4, 0.5) is 0 Å². The highest BCUT2D eigenvalue weighted by molar-refractivity contribution is 9.10. The molecule has 2 atom stereocenters. The smallest absolute Gasteiger partial charge is 0.274 e. The van der Waals surface area contributed by atoms with E-state index >= 15 is 0 Å². The first-order valence-electron chi connectivity index (χ1n) is 7.91. The van der Waals surface area contributed by atoms with Crippen molar-refractivity contribution in [3.63, 3.8) is 0 Å². The number of amides is 1. The Hall–Kier alpha value is -1.66. The maximum atomic E-state index is 12.8. The van der Waals surface area contributed by atoms with Gasteiger partial charge in [-0.25, -0.2) is 4.68 Å². The highest BCUT2D eigenvalue weighted by Crippen LogP contribution is 2.23. The molecule has 0 radical (unpaired) electrons. The molecule has 0 spiro atoms. The van der Waals surface area contributed by atoms with Crippen molar-refractivity contribution in [2.45, 2.75) is 25.8 Å². The molecule has 5 nitrogen and oxygen atoms in total. The maximum Gasteiger partial charge on any atom is 0.274 e. The van der Waals surface area contributed by atoms with Crippen molar-refractivity contribution in [3.8, 4) is 5.69 Å². The predicted molar refractivity (Wildman–Crippen MR) is 93.5 cm³/mol. The van der Waals surface area contributed by atoms with Crippen molar-refractivity contribution >= 4 is 21.8 Å². The molecule has 1 aliphatic rings. The number of carbonyl (C=O) groups is 1. The van der Waals surface area contributed by atoms with Crippen molar-refractivity contribution in [1.82, 2.24) is 14.7 Å². The first-order chi connectivity index (χ1) is 11.1. The minimum absolute atomic E-state index is 0.0268. The van der Waals surface area contributed by atoms with E-state index in [1.54, 1.807) is 10.7 Å². The molecule has 2 aromatic rings. The molecule has 2 heterocycles. The number of rotatable bonds is 3. The molecule has 1 aromatic heterocycles. The average molecular weight is 377 g/mol. The van der Waals surface area contributed by atoms with Gasteiger partial charge in [0.2, 0.25) is 0 Å². The lowest BCUT2D eigenvalue weighted by Gasteiger charge is -2.37. The Labute approximate surface area is 144 Å². The number of hydrogen-bond acceptors (Lipinski definition) is 3. The number of nitrogens with two attached hydrogens (primary N) is 1. The summed E-state index contributed by atoms with van der Waals surface area (Å²) in [6.07, 6.45) is 3.81. The van der Waals surface area contributed by atoms with E-state index in [9.17, 15) is 4.79 Å². The molecular formula is C17H21BrN4O. The molecule has 0 saturated carbocycles. The minimum Gasteiger partial charge on any atom is -0.333 e. The zero-order valence-corrected chi connectivity index (χ0v) is 14.7. The van der Waals surface area contributed by atoms with E-state index in [-0.39, 0.29) is 11.9 Å². The fourth-order valence-electron chi connectivity index (χ4n) is 3.09. The highest BCUT2D eigenvalue weighted by atomic mass is 79.9. The second-order valence-electron chi connectivity index (χ2n) is 6.14. The van der Waals surface area contributed by atoms with Crippen molar-refractivity contribution in [3.05, 3.63) is 46.7 Å². The van der Waals surface area contributed by atoms with Crippen LogP contribution in [0, 0.1) is 5.92 Å². The van der Waals surface area contributed by atoms with Gasteiger partial charge in [-0.15, -0.1) is 0 Å². The lowest BCUT2D eigenvalue weighted by molar-refractivity contribution is 0.0567. The standard InChI is InChI=1S/C17H21BrN4O/c1-12-5-7-21(15(9-12)11-19)17(23)16-6-8-22(20-16)14-4-2-3-13(18)10-14/h2-4,6,8,10,12,15H,5,7,9,11,19H2,1H3. The summed E-state index contributed by atoms with van der Waals surface area (Å²) in [7, 11) is 0. The number of nitrogens with zero attached hydrogens (tertiary/aromatic N) is 3. The van der Waals surface area contributed by atoms with Crippen LogP contribution in [0.25, 0.3) is 5.69 Å². The molecule has 1 saturated heterocycles. The number of halogens is 1. The molecule has 0 aliphatic carbocycles. The van der Waals surface area contributed by atoms with Crippen LogP contribution >= 0.6 is 15.9 Å². The Morgan fingerprint density at radius 1 is 1.43 bits per heavy atom. The number of hydrogen-bond donors (Lipinski definition) is 1. The van der Waals surface area contributed by atoms with Gasteiger partial charge in [0, 0.05) is 29.8 Å². The molecule has 1 aliphatic heterocycles. The van der Waals surface area contributed by atoms with E-state index < -0.39 is 0 Å². The summed E-state index contributed by atoms with van der Waals surface area (Å²) in [6, 6.07) is 9.71. The van der Waals surface area contributed by atoms with Crippen LogP contribution in [0.5, 0.6) is 0 Å². The zero-order valence-electron chi connectivity index (χ0n) is 13.2. The summed E-state index contributed by atoms with van der Waals surface area (Å²) in [4.78, 5) is 14.7. The zero-order chi connectivity index (χ0) is 16.4. The molecule has 122 valence electrons. The van der Waals surface area contributed by atoms with E-state index in [0.717, 1.165) is 29.5 Å². The quantitative estimate of drug-likeness (QED) is 0.895. The molecule has 3 rings (SSSR count). The van der Waals surface area contributed by atoms with E-state index in [0.29, 0.717) is 18.2 Å². The summed E-state index contributed by atoms with van der Waals surface area (Å²) >= 11 is 3.45. The van der Waals surface area contributed by atoms with Gasteiger partial charge in [-0.2, -0.15) is 5.10 Å². The highest BCUT2D eigenvalue weighted by Gasteiger charge is 2.30. The SMILES string of the molecule is CC1CCN(C(=O)c2ccn(-c3cccc(Br)c3)n2)C(CN)C1. The molecule has 23 heavy (non-hydrogen) atoms. The van der Waals surface area contributed by atoms with E-state index in [4.69, 9.17) is 5.73 Å². The Bertz CT molecular complexity index is 699. The van der Waals surface area contributed by atoms with Gasteiger partial charge < -0.3 is 10.6 Å². The van der Waals surface area contributed by atoms with Gasteiger partial charge in [-0.05, 0) is 43.0 Å². The Kier molecular flexibility index (Phi) is 4.82. The molecule has 2 unspecified atom stereocenters. The number of piperidine rings is 1. The molecule has 6 heteroatoms. The average Bonchev–Trinajstić information content (AvgIpc) is 3.04. The number of carbonyl (C=O) groups excluding carboxylic acids is 1. The van der Waals surface area contributed by atoms with Gasteiger partial charge in [-0.1, -0.05) is 28.9 Å². The van der Waals surface area contributed by atoms with Crippen LogP contribution in [-0.4, -0.2) is 39.7 Å². The van der Waals surface area contributed by atoms with Crippen LogP contribution in [0.15, 0.2) is 41.0 Å². The van der Waals surface area contributed by atoms with Crippen LogP contribution in [0.1, 0.15) is 30.3 Å². The van der Waals surface area contributed by atoms with Crippen LogP contribution in [0.3, 0.4) is 0 Å². The van der Waals surface area contributed by atoms with Crippen molar-refractivity contribution in [2.75, 3.05) is 13.1 Å². The monoisotopic (exact) mass is 376 g/mol. The first kappa shape index (κ1) is 16.2. The number of benzene rings is 1. The van der Waals surface area contributed by atoms with E-state index in [1.165, 1.54) is 0 Å². The second kappa shape index (κ2) is 6.84. The number of likely N-dealkylation sites (tertiary alicyclic amines) is 1. The van der Waals surface area contributed by atoms with Gasteiger partial charge in [0.25, 0.3) is 5.91 Å². The third-order valence-electron chi connectivity index (χ3n) is 4.39. The van der Waals surface area contributed by atoms with Gasteiger partial charge >= 0.3 is 0 Å². The van der Waals surface area contributed by atoms with Crippen molar-refractivity contribution in [2.24, 2.45) is 11.7 Å². The van der Waals surface area contributed by atoms with Gasteiger partial charge in [0.05, 0.1) is 5.69 Å². The normalized spacial score (nSPS) is 21.4. The molecule has 2 N–H and O–H groups in total. The summed E-state index contributed by atoms with van der Waals surface area (Å²) in [5.41, 5.74) is 7.25. The summed E-state index contributed by atoms with van der Waals surface area (Å²) in [5, 5.41) is 4.45. The Balaban J connectivity index is 1.81. The maximum absolute atomic E-state index is 12.8. The van der Waals surface area contributed by atoms with E-state index in [2.05, 4.69) is 28.0 Å². The summed E-state index contributed by atoms with van der Waals surface area (Å²) < 4.78 is 2.70. The van der Waals surface area contributed by atoms with Crippen molar-refractivity contribution in [1.29, 1.82) is 0 Å². The molecule has 1 aromatic carbocycles. The lowest BCUT2D eigenvalue weighted by Crippen LogP contribution is -2.49. The largest absolute Gasteiger partial charge is 0.333 e. The Morgan fingerprint density at radius 3 is 3.00 bits per heavy atom. The van der Waals surface area contributed by atoms with Crippen LogP contribution in [-0.2, 0) is 0 Å². The van der Waals surface area contributed by atoms with Crippen molar-refractivity contribution < 1.29 is 4.79 Å². The molecule has 1 amide bonds. The van der Waals surface area contributed by atoms with Crippen LogP contribution in [0.2, 0.25) is 0 Å². The van der Waals surface area contributed by atoms with Crippen LogP contribution < -0.4 is 5.73 Å². The van der Waals surface area contributed by atoms with Gasteiger partial charge in [-0.3, -0.25) is 4.79 Å². The van der Waals surface area contributed by atoms with E-state index in [1.807, 2.05) is 35.4 Å². The topological polar surface area (TPSA) is 64.2 Å². The van der Waals surface area contributed by atoms with Gasteiger partial charge in [0.1, 0.15) is 0 Å². The summed E-state index contributed by atoms with van der Waals surface area (Å²) in [5.74, 6) is 0.591. The Morgan fingerprint density at radius 2 is 2.26 bits per heavy atom. The second-order valence-corrected chi connectivity index (χ2v) is 7.06. The first-order valence-corrected chi connectivity index (χ1v) is 8.70. The fourth-order valence-corrected chi connectivity index (χ4v) is 3.48. The molecule has 1 fully saturated rings.